The van der Waals surface area contributed by atoms with Crippen molar-refractivity contribution in [2.24, 2.45) is 5.90 Å². The average Bonchev–Trinajstić information content (AvgIpc) is 3.16. The predicted molar refractivity (Wildman–Crippen MR) is 119 cm³/mol. The second kappa shape index (κ2) is 14.6. The normalized spacial score (nSPS) is 12.4. The molecular formula is C20H26N6O8. The molecule has 184 valence electrons. The summed E-state index contributed by atoms with van der Waals surface area (Å²) in [6, 6.07) is 5.17. The number of benzene rings is 1. The summed E-state index contributed by atoms with van der Waals surface area (Å²) in [7, 11) is 1.00. The number of anilines is 1. The molecule has 0 radical (unpaired) electrons. The van der Waals surface area contributed by atoms with E-state index in [1.54, 1.807) is 0 Å². The number of nitrogens with two attached hydrogens (primary N) is 1. The SMILES string of the molecule is CO.NO/C(=C\Nc1ccc(C(=O)O)cc1)NC(=O)NCCNC(=O)CCN1C(=O)C=CC1=O. The number of amides is 5. The lowest BCUT2D eigenvalue weighted by Crippen LogP contribution is -2.41. The predicted octanol–water partition coefficient (Wildman–Crippen LogP) is -1.18. The highest BCUT2D eigenvalue weighted by molar-refractivity contribution is 6.13. The molecule has 1 aliphatic heterocycles. The average molecular weight is 478 g/mol. The van der Waals surface area contributed by atoms with E-state index in [1.165, 1.54) is 30.5 Å². The van der Waals surface area contributed by atoms with Gasteiger partial charge in [0.2, 0.25) is 11.8 Å². The number of carbonyl (C=O) groups is 5. The van der Waals surface area contributed by atoms with Crippen LogP contribution in [0.1, 0.15) is 16.8 Å². The maximum atomic E-state index is 11.9. The number of aliphatic hydroxyl groups is 1. The van der Waals surface area contributed by atoms with E-state index in [9.17, 15) is 24.0 Å². The van der Waals surface area contributed by atoms with Gasteiger partial charge in [-0.1, -0.05) is 0 Å². The topological polar surface area (TPSA) is 212 Å². The van der Waals surface area contributed by atoms with Gasteiger partial charge in [0.05, 0.1) is 11.8 Å². The summed E-state index contributed by atoms with van der Waals surface area (Å²) in [5.41, 5.74) is 0.650. The van der Waals surface area contributed by atoms with Crippen molar-refractivity contribution >= 4 is 35.4 Å². The number of urea groups is 1. The zero-order chi connectivity index (χ0) is 25.5. The number of carboxylic acid groups (broad SMARTS) is 1. The van der Waals surface area contributed by atoms with Crippen LogP contribution in [0.15, 0.2) is 48.5 Å². The zero-order valence-electron chi connectivity index (χ0n) is 18.2. The van der Waals surface area contributed by atoms with Gasteiger partial charge in [-0.2, -0.15) is 5.90 Å². The molecule has 1 heterocycles. The minimum absolute atomic E-state index is 0.0293. The Balaban J connectivity index is 0.00000281. The Hall–Kier alpha value is -4.43. The smallest absolute Gasteiger partial charge is 0.335 e. The van der Waals surface area contributed by atoms with Crippen molar-refractivity contribution in [2.75, 3.05) is 32.1 Å². The third-order valence-corrected chi connectivity index (χ3v) is 4.06. The van der Waals surface area contributed by atoms with Crippen molar-refractivity contribution in [2.45, 2.75) is 6.42 Å². The molecule has 14 heteroatoms. The van der Waals surface area contributed by atoms with Gasteiger partial charge >= 0.3 is 12.0 Å². The van der Waals surface area contributed by atoms with Crippen LogP contribution in [0.25, 0.3) is 0 Å². The number of imide groups is 1. The van der Waals surface area contributed by atoms with Crippen LogP contribution in [0, 0.1) is 0 Å². The lowest BCUT2D eigenvalue weighted by molar-refractivity contribution is -0.137. The molecule has 14 nitrogen and oxygen atoms in total. The molecular weight excluding hydrogens is 452 g/mol. The molecule has 8 N–H and O–H groups in total. The number of carbonyl (C=O) groups excluding carboxylic acids is 4. The quantitative estimate of drug-likeness (QED) is 0.0875. The van der Waals surface area contributed by atoms with E-state index >= 15 is 0 Å². The van der Waals surface area contributed by atoms with E-state index in [1.807, 2.05) is 0 Å². The highest BCUT2D eigenvalue weighted by atomic mass is 16.6. The molecule has 0 bridgehead atoms. The fraction of sp³-hybridized carbons (Fsp3) is 0.250. The van der Waals surface area contributed by atoms with Crippen LogP contribution in [0.2, 0.25) is 0 Å². The standard InChI is InChI=1S/C19H22N6O7.CH4O/c20-32-15(11-23-13-3-1-12(2-4-13)18(29)30)24-19(31)22-9-8-21-14(26)7-10-25-16(27)5-6-17(25)28;1-2/h1-6,11,23H,7-10,20H2,(H,21,26)(H,29,30)(H2,22,24,31);2H,1H3/b15-11-;. The number of nitrogens with one attached hydrogen (secondary N) is 4. The van der Waals surface area contributed by atoms with Gasteiger partial charge in [0.25, 0.3) is 11.8 Å². The van der Waals surface area contributed by atoms with Crippen molar-refractivity contribution in [3.63, 3.8) is 0 Å². The van der Waals surface area contributed by atoms with Crippen molar-refractivity contribution in [3.8, 4) is 0 Å². The zero-order valence-corrected chi connectivity index (χ0v) is 18.2. The van der Waals surface area contributed by atoms with Crippen molar-refractivity contribution in [1.82, 2.24) is 20.9 Å². The first-order valence-corrected chi connectivity index (χ1v) is 9.76. The molecule has 0 fully saturated rings. The van der Waals surface area contributed by atoms with Gasteiger partial charge in [-0.25, -0.2) is 9.59 Å². The van der Waals surface area contributed by atoms with Crippen LogP contribution < -0.4 is 27.2 Å². The summed E-state index contributed by atoms with van der Waals surface area (Å²) in [6.07, 6.45) is 3.48. The molecule has 0 aliphatic carbocycles. The van der Waals surface area contributed by atoms with Crippen LogP contribution in [-0.4, -0.2) is 71.6 Å². The van der Waals surface area contributed by atoms with Crippen molar-refractivity contribution < 1.29 is 39.0 Å². The van der Waals surface area contributed by atoms with E-state index < -0.39 is 23.8 Å². The molecule has 5 amide bonds. The minimum Gasteiger partial charge on any atom is -0.478 e. The molecule has 1 aliphatic rings. The summed E-state index contributed by atoms with van der Waals surface area (Å²) in [4.78, 5) is 62.7. The summed E-state index contributed by atoms with van der Waals surface area (Å²) in [5, 5.41) is 26.0. The molecule has 0 saturated heterocycles. The van der Waals surface area contributed by atoms with Crippen LogP contribution in [0.5, 0.6) is 0 Å². The Bertz CT molecular complexity index is 927. The maximum Gasteiger partial charge on any atom is 0.335 e. The van der Waals surface area contributed by atoms with E-state index in [0.717, 1.165) is 24.2 Å². The van der Waals surface area contributed by atoms with Crippen molar-refractivity contribution in [1.29, 1.82) is 0 Å². The first-order valence-electron chi connectivity index (χ1n) is 9.76. The van der Waals surface area contributed by atoms with Gasteiger partial charge < -0.3 is 31.0 Å². The first kappa shape index (κ1) is 27.6. The molecule has 34 heavy (non-hydrogen) atoms. The van der Waals surface area contributed by atoms with Gasteiger partial charge in [-0.15, -0.1) is 0 Å². The number of rotatable bonds is 11. The molecule has 0 atom stereocenters. The third kappa shape index (κ3) is 9.37. The number of carboxylic acids is 1. The maximum absolute atomic E-state index is 11.9. The van der Waals surface area contributed by atoms with Gasteiger partial charge in [0.15, 0.2) is 0 Å². The molecule has 1 aromatic rings. The Morgan fingerprint density at radius 1 is 1.03 bits per heavy atom. The number of aromatic carboxylic acids is 1. The Labute approximate surface area is 194 Å². The van der Waals surface area contributed by atoms with Gasteiger partial charge in [-0.05, 0) is 24.3 Å². The Morgan fingerprint density at radius 3 is 2.18 bits per heavy atom. The molecule has 0 aromatic heterocycles. The minimum atomic E-state index is -1.05. The summed E-state index contributed by atoms with van der Waals surface area (Å²) in [5.74, 6) is 2.63. The molecule has 2 rings (SSSR count). The number of hydrogen-bond donors (Lipinski definition) is 7. The first-order chi connectivity index (χ1) is 16.3. The Morgan fingerprint density at radius 2 is 1.62 bits per heavy atom. The van der Waals surface area contributed by atoms with Crippen LogP contribution in [0.4, 0.5) is 10.5 Å². The molecule has 0 unspecified atom stereocenters. The van der Waals surface area contributed by atoms with E-state index in [0.29, 0.717) is 5.69 Å². The molecule has 1 aromatic carbocycles. The Kier molecular flexibility index (Phi) is 11.9. The molecule has 0 spiro atoms. The second-order valence-electron chi connectivity index (χ2n) is 6.30. The lowest BCUT2D eigenvalue weighted by atomic mass is 10.2. The fourth-order valence-electron chi connectivity index (χ4n) is 2.44. The number of hydrogen-bond acceptors (Lipinski definition) is 9. The highest BCUT2D eigenvalue weighted by Gasteiger charge is 2.23. The molecule has 0 saturated carbocycles. The van der Waals surface area contributed by atoms with Gasteiger partial charge in [0.1, 0.15) is 0 Å². The summed E-state index contributed by atoms with van der Waals surface area (Å²) in [6.45, 7) is 0.171. The lowest BCUT2D eigenvalue weighted by Gasteiger charge is -2.13. The highest BCUT2D eigenvalue weighted by Crippen LogP contribution is 2.10. The second-order valence-corrected chi connectivity index (χ2v) is 6.30. The van der Waals surface area contributed by atoms with E-state index in [4.69, 9.17) is 16.1 Å². The summed E-state index contributed by atoms with van der Waals surface area (Å²) >= 11 is 0. The third-order valence-electron chi connectivity index (χ3n) is 4.06. The summed E-state index contributed by atoms with van der Waals surface area (Å²) < 4.78 is 0. The number of aliphatic hydroxyl groups excluding tert-OH is 1. The fourth-order valence-corrected chi connectivity index (χ4v) is 2.44. The van der Waals surface area contributed by atoms with Crippen LogP contribution in [0.3, 0.4) is 0 Å². The van der Waals surface area contributed by atoms with Gasteiger partial charge in [0, 0.05) is 51.0 Å². The number of nitrogens with zero attached hydrogens (tertiary/aromatic N) is 1. The monoisotopic (exact) mass is 478 g/mol. The van der Waals surface area contributed by atoms with Crippen LogP contribution in [-0.2, 0) is 19.2 Å². The van der Waals surface area contributed by atoms with E-state index in [-0.39, 0.29) is 43.4 Å². The largest absolute Gasteiger partial charge is 0.478 e. The van der Waals surface area contributed by atoms with Crippen molar-refractivity contribution in [3.05, 3.63) is 54.1 Å². The van der Waals surface area contributed by atoms with Gasteiger partial charge in [-0.3, -0.25) is 24.6 Å². The van der Waals surface area contributed by atoms with E-state index in [2.05, 4.69) is 26.1 Å². The van der Waals surface area contributed by atoms with Crippen LogP contribution >= 0.6 is 0 Å².